The molecule has 0 saturated carbocycles. The Morgan fingerprint density at radius 2 is 1.53 bits per heavy atom. The summed E-state index contributed by atoms with van der Waals surface area (Å²) in [5, 5.41) is 0. The van der Waals surface area contributed by atoms with E-state index in [1.807, 2.05) is 24.3 Å². The molecule has 0 N–H and O–H groups in total. The molecule has 2 heterocycles. The maximum Gasteiger partial charge on any atom is 0.338 e. The number of anilines is 2. The highest BCUT2D eigenvalue weighted by molar-refractivity contribution is 6.34. The van der Waals surface area contributed by atoms with Crippen molar-refractivity contribution in [2.24, 2.45) is 0 Å². The smallest absolute Gasteiger partial charge is 0.338 e. The Hall–Kier alpha value is -4.26. The molecule has 0 bridgehead atoms. The predicted molar refractivity (Wildman–Crippen MR) is 117 cm³/mol. The average Bonchev–Trinajstić information content (AvgIpc) is 3.37. The van der Waals surface area contributed by atoms with E-state index < -0.39 is 24.4 Å². The minimum Gasteiger partial charge on any atom is -0.452 e. The fraction of sp³-hybridized carbons (Fsp3) is 0.120. The second kappa shape index (κ2) is 7.77. The van der Waals surface area contributed by atoms with Gasteiger partial charge in [0.1, 0.15) is 0 Å². The fourth-order valence-corrected chi connectivity index (χ4v) is 4.08. The van der Waals surface area contributed by atoms with Crippen LogP contribution in [0.3, 0.4) is 0 Å². The first-order valence-corrected chi connectivity index (χ1v) is 10.2. The Morgan fingerprint density at radius 3 is 2.28 bits per heavy atom. The van der Waals surface area contributed by atoms with Gasteiger partial charge in [-0.3, -0.25) is 14.4 Å². The molecular weight excluding hydrogens is 408 g/mol. The second-order valence-electron chi connectivity index (χ2n) is 7.54. The number of rotatable bonds is 4. The van der Waals surface area contributed by atoms with Crippen molar-refractivity contribution in [3.63, 3.8) is 0 Å². The first kappa shape index (κ1) is 19.7. The van der Waals surface area contributed by atoms with Gasteiger partial charge in [-0.2, -0.15) is 0 Å². The number of hydrogen-bond acceptors (Lipinski definition) is 5. The van der Waals surface area contributed by atoms with Gasteiger partial charge in [-0.15, -0.1) is 0 Å². The molecule has 2 aliphatic heterocycles. The van der Waals surface area contributed by atoms with E-state index in [0.717, 1.165) is 22.6 Å². The van der Waals surface area contributed by atoms with Crippen molar-refractivity contribution in [1.82, 2.24) is 0 Å². The number of ether oxygens (including phenoxy) is 1. The van der Waals surface area contributed by atoms with E-state index >= 15 is 0 Å². The zero-order valence-corrected chi connectivity index (χ0v) is 17.0. The molecule has 7 nitrogen and oxygen atoms in total. The van der Waals surface area contributed by atoms with E-state index in [-0.39, 0.29) is 17.2 Å². The van der Waals surface area contributed by atoms with Crippen LogP contribution in [0, 0.1) is 0 Å². The summed E-state index contributed by atoms with van der Waals surface area (Å²) in [5.74, 6) is -1.90. The van der Waals surface area contributed by atoms with Crippen LogP contribution in [0.5, 0.6) is 0 Å². The third kappa shape index (κ3) is 3.24. The predicted octanol–water partition coefficient (Wildman–Crippen LogP) is 3.23. The van der Waals surface area contributed by atoms with Gasteiger partial charge in [0.15, 0.2) is 6.61 Å². The minimum absolute atomic E-state index is 0.147. The number of carbonyl (C=O) groups is 4. The van der Waals surface area contributed by atoms with Gasteiger partial charge in [-0.05, 0) is 48.4 Å². The lowest BCUT2D eigenvalue weighted by atomic mass is 10.1. The fourth-order valence-electron chi connectivity index (χ4n) is 4.08. The Kier molecular flexibility index (Phi) is 4.78. The highest BCUT2D eigenvalue weighted by Gasteiger charge is 2.36. The molecule has 3 aromatic carbocycles. The van der Waals surface area contributed by atoms with E-state index in [4.69, 9.17) is 4.74 Å². The van der Waals surface area contributed by atoms with Gasteiger partial charge in [0.25, 0.3) is 17.7 Å². The third-order valence-electron chi connectivity index (χ3n) is 5.65. The Morgan fingerprint density at radius 1 is 0.844 bits per heavy atom. The molecule has 0 spiro atoms. The molecule has 0 atom stereocenters. The highest BCUT2D eigenvalue weighted by atomic mass is 16.5. The average molecular weight is 426 g/mol. The second-order valence-corrected chi connectivity index (χ2v) is 7.54. The van der Waals surface area contributed by atoms with E-state index in [1.165, 1.54) is 12.1 Å². The lowest BCUT2D eigenvalue weighted by molar-refractivity contribution is -0.121. The van der Waals surface area contributed by atoms with Gasteiger partial charge >= 0.3 is 5.97 Å². The summed E-state index contributed by atoms with van der Waals surface area (Å²) in [6.45, 7) is 0.148. The number of hydrogen-bond donors (Lipinski definition) is 0. The normalized spacial score (nSPS) is 14.4. The molecule has 0 unspecified atom stereocenters. The summed E-state index contributed by atoms with van der Waals surface area (Å²) in [6.07, 6.45) is 0.762. The first-order valence-electron chi connectivity index (χ1n) is 10.2. The van der Waals surface area contributed by atoms with Crippen molar-refractivity contribution in [2.45, 2.75) is 6.42 Å². The van der Waals surface area contributed by atoms with Gasteiger partial charge in [0.05, 0.1) is 22.4 Å². The first-order chi connectivity index (χ1) is 15.5. The van der Waals surface area contributed by atoms with Crippen LogP contribution < -0.4 is 9.80 Å². The molecular formula is C25H18N2O5. The van der Waals surface area contributed by atoms with Crippen LogP contribution in [0.2, 0.25) is 0 Å². The number of esters is 1. The maximum atomic E-state index is 12.7. The lowest BCUT2D eigenvalue weighted by Gasteiger charge is -2.17. The van der Waals surface area contributed by atoms with Crippen LogP contribution in [0.4, 0.5) is 11.4 Å². The van der Waals surface area contributed by atoms with Crippen molar-refractivity contribution in [3.8, 4) is 0 Å². The summed E-state index contributed by atoms with van der Waals surface area (Å²) in [5.41, 5.74) is 2.98. The zero-order chi connectivity index (χ0) is 22.2. The van der Waals surface area contributed by atoms with Crippen molar-refractivity contribution < 1.29 is 23.9 Å². The molecule has 3 amide bonds. The van der Waals surface area contributed by atoms with E-state index in [2.05, 4.69) is 0 Å². The topological polar surface area (TPSA) is 84.0 Å². The highest BCUT2D eigenvalue weighted by Crippen LogP contribution is 2.29. The number of para-hydroxylation sites is 1. The summed E-state index contributed by atoms with van der Waals surface area (Å²) < 4.78 is 5.23. The van der Waals surface area contributed by atoms with Crippen LogP contribution in [-0.4, -0.2) is 36.8 Å². The van der Waals surface area contributed by atoms with Gasteiger partial charge < -0.3 is 9.64 Å². The van der Waals surface area contributed by atoms with Crippen LogP contribution in [-0.2, 0) is 16.0 Å². The number of fused-ring (bicyclic) bond motifs is 2. The Labute approximate surface area is 183 Å². The van der Waals surface area contributed by atoms with Gasteiger partial charge in [0, 0.05) is 12.2 Å². The summed E-state index contributed by atoms with van der Waals surface area (Å²) in [6, 6.07) is 20.3. The van der Waals surface area contributed by atoms with Gasteiger partial charge in [-0.1, -0.05) is 36.4 Å². The van der Waals surface area contributed by atoms with E-state index in [0.29, 0.717) is 17.7 Å². The van der Waals surface area contributed by atoms with E-state index in [9.17, 15) is 19.2 Å². The number of amides is 3. The standard InChI is InChI=1S/C25H18N2O5/c28-22(26-13-12-16-6-1-4-11-21(16)26)15-32-25(31)17-7-5-8-18(14-17)27-23(29)19-9-2-3-10-20(19)24(27)30/h1-11,14H,12-13,15H2. The third-order valence-corrected chi connectivity index (χ3v) is 5.65. The largest absolute Gasteiger partial charge is 0.452 e. The van der Waals surface area contributed by atoms with Crippen molar-refractivity contribution in [3.05, 3.63) is 95.1 Å². The number of carbonyl (C=O) groups excluding carboxylic acids is 4. The molecule has 158 valence electrons. The molecule has 3 aromatic rings. The van der Waals surface area contributed by atoms with Crippen LogP contribution in [0.15, 0.2) is 72.8 Å². The van der Waals surface area contributed by atoms with E-state index in [1.54, 1.807) is 41.3 Å². The Bertz CT molecular complexity index is 1250. The molecule has 32 heavy (non-hydrogen) atoms. The molecule has 0 fully saturated rings. The maximum absolute atomic E-state index is 12.7. The quantitative estimate of drug-likeness (QED) is 0.472. The lowest BCUT2D eigenvalue weighted by Crippen LogP contribution is -2.33. The summed E-state index contributed by atoms with van der Waals surface area (Å²) in [7, 11) is 0. The summed E-state index contributed by atoms with van der Waals surface area (Å²) >= 11 is 0. The molecule has 2 aliphatic rings. The number of imide groups is 1. The van der Waals surface area contributed by atoms with Crippen molar-refractivity contribution in [2.75, 3.05) is 23.0 Å². The van der Waals surface area contributed by atoms with Crippen molar-refractivity contribution >= 4 is 35.1 Å². The molecule has 7 heteroatoms. The SMILES string of the molecule is O=C(OCC(=O)N1CCc2ccccc21)c1cccc(N2C(=O)c3ccccc3C2=O)c1. The molecule has 5 rings (SSSR count). The number of nitrogens with zero attached hydrogens (tertiary/aromatic N) is 2. The van der Waals surface area contributed by atoms with Crippen LogP contribution >= 0.6 is 0 Å². The summed E-state index contributed by atoms with van der Waals surface area (Å²) in [4.78, 5) is 53.2. The Balaban J connectivity index is 1.29. The number of benzene rings is 3. The molecule has 0 aromatic heterocycles. The monoisotopic (exact) mass is 426 g/mol. The van der Waals surface area contributed by atoms with Crippen molar-refractivity contribution in [1.29, 1.82) is 0 Å². The zero-order valence-electron chi connectivity index (χ0n) is 17.0. The minimum atomic E-state index is -0.704. The van der Waals surface area contributed by atoms with Gasteiger partial charge in [-0.25, -0.2) is 9.69 Å². The molecule has 0 radical (unpaired) electrons. The van der Waals surface area contributed by atoms with Crippen LogP contribution in [0.25, 0.3) is 0 Å². The molecule has 0 aliphatic carbocycles. The van der Waals surface area contributed by atoms with Crippen LogP contribution in [0.1, 0.15) is 36.6 Å². The molecule has 0 saturated heterocycles. The van der Waals surface area contributed by atoms with Gasteiger partial charge in [0.2, 0.25) is 0 Å².